The van der Waals surface area contributed by atoms with Gasteiger partial charge in [-0.2, -0.15) is 0 Å². The normalized spacial score (nSPS) is 17.1. The minimum Gasteiger partial charge on any atom is -0.306 e. The summed E-state index contributed by atoms with van der Waals surface area (Å²) in [6.45, 7) is 8.92. The van der Waals surface area contributed by atoms with Crippen molar-refractivity contribution in [2.75, 3.05) is 0 Å². The summed E-state index contributed by atoms with van der Waals surface area (Å²) < 4.78 is 0. The summed E-state index contributed by atoms with van der Waals surface area (Å²) in [4.78, 5) is 4.35. The van der Waals surface area contributed by atoms with E-state index in [4.69, 9.17) is 0 Å². The molecule has 0 bridgehead atoms. The van der Waals surface area contributed by atoms with Gasteiger partial charge in [-0.3, -0.25) is 4.98 Å². The Bertz CT molecular complexity index is 271. The van der Waals surface area contributed by atoms with Crippen molar-refractivity contribution < 1.29 is 0 Å². The lowest BCUT2D eigenvalue weighted by atomic mass is 10.00. The Morgan fingerprint density at radius 3 is 2.53 bits per heavy atom. The topological polar surface area (TPSA) is 24.9 Å². The summed E-state index contributed by atoms with van der Waals surface area (Å²) >= 11 is 0. The first-order valence-electron chi connectivity index (χ1n) is 5.82. The molecule has 1 rings (SSSR count). The molecule has 0 fully saturated rings. The van der Waals surface area contributed by atoms with Gasteiger partial charge in [-0.05, 0) is 31.9 Å². The molecule has 0 aliphatic rings. The lowest BCUT2D eigenvalue weighted by Crippen LogP contribution is -2.34. The van der Waals surface area contributed by atoms with Crippen LogP contribution in [0, 0.1) is 5.92 Å². The zero-order chi connectivity index (χ0) is 11.3. The summed E-state index contributed by atoms with van der Waals surface area (Å²) in [5.74, 6) is 0.705. The molecule has 3 atom stereocenters. The van der Waals surface area contributed by atoms with Crippen LogP contribution in [0.25, 0.3) is 0 Å². The molecule has 2 heteroatoms. The van der Waals surface area contributed by atoms with Crippen molar-refractivity contribution in [1.29, 1.82) is 0 Å². The van der Waals surface area contributed by atoms with Crippen LogP contribution in [0.3, 0.4) is 0 Å². The zero-order valence-corrected chi connectivity index (χ0v) is 10.2. The van der Waals surface area contributed by atoms with E-state index in [9.17, 15) is 0 Å². The van der Waals surface area contributed by atoms with Gasteiger partial charge >= 0.3 is 0 Å². The van der Waals surface area contributed by atoms with Crippen molar-refractivity contribution in [3.63, 3.8) is 0 Å². The van der Waals surface area contributed by atoms with E-state index >= 15 is 0 Å². The third-order valence-electron chi connectivity index (χ3n) is 3.14. The van der Waals surface area contributed by atoms with Crippen molar-refractivity contribution in [1.82, 2.24) is 10.3 Å². The Balaban J connectivity index is 2.52. The van der Waals surface area contributed by atoms with Gasteiger partial charge in [-0.25, -0.2) is 0 Å². The second-order valence-corrected chi connectivity index (χ2v) is 4.32. The number of nitrogens with zero attached hydrogens (tertiary/aromatic N) is 1. The number of rotatable bonds is 5. The Kier molecular flexibility index (Phi) is 4.76. The second-order valence-electron chi connectivity index (χ2n) is 4.32. The van der Waals surface area contributed by atoms with Gasteiger partial charge in [0.25, 0.3) is 0 Å². The quantitative estimate of drug-likeness (QED) is 0.800. The van der Waals surface area contributed by atoms with Crippen molar-refractivity contribution in [3.8, 4) is 0 Å². The van der Waals surface area contributed by atoms with Gasteiger partial charge in [0.1, 0.15) is 0 Å². The molecule has 0 radical (unpaired) electrons. The van der Waals surface area contributed by atoms with Crippen LogP contribution >= 0.6 is 0 Å². The van der Waals surface area contributed by atoms with Crippen molar-refractivity contribution in [2.45, 2.75) is 46.2 Å². The standard InChI is InChI=1S/C13H22N2/c1-5-10(2)11(3)15-12(4)13-8-6-7-9-14-13/h6-12,15H,5H2,1-4H3. The monoisotopic (exact) mass is 206 g/mol. The zero-order valence-electron chi connectivity index (χ0n) is 10.2. The van der Waals surface area contributed by atoms with E-state index in [0.717, 1.165) is 5.69 Å². The molecule has 0 saturated heterocycles. The first-order valence-corrected chi connectivity index (χ1v) is 5.82. The molecule has 1 heterocycles. The highest BCUT2D eigenvalue weighted by atomic mass is 15.0. The van der Waals surface area contributed by atoms with Crippen LogP contribution in [0.4, 0.5) is 0 Å². The number of nitrogens with one attached hydrogen (secondary N) is 1. The molecule has 84 valence electrons. The molecule has 3 unspecified atom stereocenters. The molecule has 1 aromatic rings. The molecule has 15 heavy (non-hydrogen) atoms. The van der Waals surface area contributed by atoms with Gasteiger partial charge in [0.15, 0.2) is 0 Å². The molecule has 0 spiro atoms. The van der Waals surface area contributed by atoms with Crippen LogP contribution in [0.1, 0.15) is 45.9 Å². The fraction of sp³-hybridized carbons (Fsp3) is 0.615. The van der Waals surface area contributed by atoms with Gasteiger partial charge in [0, 0.05) is 18.3 Å². The van der Waals surface area contributed by atoms with Crippen molar-refractivity contribution >= 4 is 0 Å². The number of hydrogen-bond donors (Lipinski definition) is 1. The molecule has 1 N–H and O–H groups in total. The van der Waals surface area contributed by atoms with E-state index in [-0.39, 0.29) is 0 Å². The van der Waals surface area contributed by atoms with Crippen LogP contribution in [0.15, 0.2) is 24.4 Å². The van der Waals surface area contributed by atoms with Gasteiger partial charge in [-0.15, -0.1) is 0 Å². The third-order valence-corrected chi connectivity index (χ3v) is 3.14. The fourth-order valence-electron chi connectivity index (χ4n) is 1.63. The van der Waals surface area contributed by atoms with E-state index in [1.54, 1.807) is 0 Å². The second kappa shape index (κ2) is 5.86. The molecular weight excluding hydrogens is 184 g/mol. The maximum atomic E-state index is 4.35. The third kappa shape index (κ3) is 3.63. The largest absolute Gasteiger partial charge is 0.306 e. The molecule has 0 amide bonds. The highest BCUT2D eigenvalue weighted by molar-refractivity contribution is 5.07. The fourth-order valence-corrected chi connectivity index (χ4v) is 1.63. The van der Waals surface area contributed by atoms with E-state index in [2.05, 4.69) is 44.1 Å². The van der Waals surface area contributed by atoms with Gasteiger partial charge in [0.2, 0.25) is 0 Å². The SMILES string of the molecule is CCC(C)C(C)NC(C)c1ccccn1. The number of pyridine rings is 1. The first kappa shape index (κ1) is 12.2. The van der Waals surface area contributed by atoms with Crippen LogP contribution < -0.4 is 5.32 Å². The maximum Gasteiger partial charge on any atom is 0.0570 e. The molecule has 2 nitrogen and oxygen atoms in total. The van der Waals surface area contributed by atoms with Gasteiger partial charge in [-0.1, -0.05) is 26.3 Å². The lowest BCUT2D eigenvalue weighted by molar-refractivity contribution is 0.357. The van der Waals surface area contributed by atoms with Crippen LogP contribution in [-0.4, -0.2) is 11.0 Å². The van der Waals surface area contributed by atoms with Crippen molar-refractivity contribution in [2.24, 2.45) is 5.92 Å². The summed E-state index contributed by atoms with van der Waals surface area (Å²) in [6, 6.07) is 6.92. The van der Waals surface area contributed by atoms with Crippen LogP contribution in [-0.2, 0) is 0 Å². The average Bonchev–Trinajstić information content (AvgIpc) is 2.29. The maximum absolute atomic E-state index is 4.35. The van der Waals surface area contributed by atoms with Crippen molar-refractivity contribution in [3.05, 3.63) is 30.1 Å². The Hall–Kier alpha value is -0.890. The van der Waals surface area contributed by atoms with Crippen LogP contribution in [0.5, 0.6) is 0 Å². The minimum atomic E-state index is 0.329. The predicted molar refractivity (Wildman–Crippen MR) is 64.7 cm³/mol. The molecule has 0 aromatic carbocycles. The molecule has 1 aromatic heterocycles. The predicted octanol–water partition coefficient (Wildman–Crippen LogP) is 3.17. The van der Waals surface area contributed by atoms with Gasteiger partial charge < -0.3 is 5.32 Å². The molecular formula is C13H22N2. The van der Waals surface area contributed by atoms with E-state index in [1.807, 2.05) is 18.3 Å². The highest BCUT2D eigenvalue weighted by Crippen LogP contribution is 2.13. The smallest absolute Gasteiger partial charge is 0.0570 e. The summed E-state index contributed by atoms with van der Waals surface area (Å²) in [7, 11) is 0. The number of aromatic nitrogens is 1. The minimum absolute atomic E-state index is 0.329. The molecule has 0 aliphatic heterocycles. The van der Waals surface area contributed by atoms with E-state index in [1.165, 1.54) is 6.42 Å². The summed E-state index contributed by atoms with van der Waals surface area (Å²) in [5.41, 5.74) is 1.12. The lowest BCUT2D eigenvalue weighted by Gasteiger charge is -2.24. The first-order chi connectivity index (χ1) is 7.15. The van der Waals surface area contributed by atoms with Crippen LogP contribution in [0.2, 0.25) is 0 Å². The summed E-state index contributed by atoms with van der Waals surface area (Å²) in [5, 5.41) is 3.58. The Morgan fingerprint density at radius 1 is 1.27 bits per heavy atom. The Morgan fingerprint density at radius 2 is 2.00 bits per heavy atom. The van der Waals surface area contributed by atoms with E-state index < -0.39 is 0 Å². The Labute approximate surface area is 93.1 Å². The van der Waals surface area contributed by atoms with Gasteiger partial charge in [0.05, 0.1) is 5.69 Å². The molecule has 0 saturated carbocycles. The number of hydrogen-bond acceptors (Lipinski definition) is 2. The van der Waals surface area contributed by atoms with E-state index in [0.29, 0.717) is 18.0 Å². The molecule has 0 aliphatic carbocycles. The summed E-state index contributed by atoms with van der Waals surface area (Å²) in [6.07, 6.45) is 3.06. The highest BCUT2D eigenvalue weighted by Gasteiger charge is 2.14. The average molecular weight is 206 g/mol.